The summed E-state index contributed by atoms with van der Waals surface area (Å²) in [6.07, 6.45) is 2.79. The highest BCUT2D eigenvalue weighted by molar-refractivity contribution is 5.75. The first-order chi connectivity index (χ1) is 8.78. The summed E-state index contributed by atoms with van der Waals surface area (Å²) < 4.78 is 5.39. The number of carbonyl (C=O) groups is 1. The Morgan fingerprint density at radius 3 is 2.68 bits per heavy atom. The van der Waals surface area contributed by atoms with Gasteiger partial charge in [-0.1, -0.05) is 0 Å². The number of likely N-dealkylation sites (tertiary alicyclic amines) is 1. The van der Waals surface area contributed by atoms with Crippen molar-refractivity contribution >= 4 is 12.1 Å². The molecule has 0 bridgehead atoms. The third kappa shape index (κ3) is 6.31. The molecule has 6 nitrogen and oxygen atoms in total. The molecule has 0 aromatic rings. The molecule has 1 saturated heterocycles. The van der Waals surface area contributed by atoms with Crippen molar-refractivity contribution in [3.8, 4) is 0 Å². The summed E-state index contributed by atoms with van der Waals surface area (Å²) >= 11 is 0. The lowest BCUT2D eigenvalue weighted by molar-refractivity contribution is 0.0163. The Bertz CT molecular complexity index is 332. The normalized spacial score (nSPS) is 19.9. The summed E-state index contributed by atoms with van der Waals surface area (Å²) in [5, 5.41) is 0. The molecule has 4 N–H and O–H groups in total. The van der Waals surface area contributed by atoms with Crippen LogP contribution in [0.3, 0.4) is 0 Å². The van der Waals surface area contributed by atoms with Crippen LogP contribution in [0.2, 0.25) is 0 Å². The van der Waals surface area contributed by atoms with Gasteiger partial charge < -0.3 is 21.1 Å². The van der Waals surface area contributed by atoms with Crippen LogP contribution in [0, 0.1) is 5.92 Å². The zero-order valence-electron chi connectivity index (χ0n) is 12.2. The lowest BCUT2D eigenvalue weighted by Crippen LogP contribution is -2.43. The maximum absolute atomic E-state index is 12.0. The maximum Gasteiger partial charge on any atom is 0.410 e. The van der Waals surface area contributed by atoms with E-state index in [1.54, 1.807) is 4.90 Å². The molecule has 1 atom stereocenters. The van der Waals surface area contributed by atoms with E-state index in [1.807, 2.05) is 20.8 Å². The van der Waals surface area contributed by atoms with E-state index in [-0.39, 0.29) is 12.1 Å². The predicted molar refractivity (Wildman–Crippen MR) is 75.8 cm³/mol. The Morgan fingerprint density at radius 2 is 2.11 bits per heavy atom. The number of hydrogen-bond donors (Lipinski definition) is 2. The molecule has 1 unspecified atom stereocenters. The van der Waals surface area contributed by atoms with Gasteiger partial charge >= 0.3 is 6.09 Å². The summed E-state index contributed by atoms with van der Waals surface area (Å²) in [6.45, 7) is 7.76. The average molecular weight is 270 g/mol. The van der Waals surface area contributed by atoms with E-state index >= 15 is 0 Å². The molecule has 1 heterocycles. The lowest BCUT2D eigenvalue weighted by Gasteiger charge is -2.34. The van der Waals surface area contributed by atoms with Crippen molar-refractivity contribution in [1.29, 1.82) is 0 Å². The van der Waals surface area contributed by atoms with Crippen LogP contribution in [-0.4, -0.2) is 42.2 Å². The van der Waals surface area contributed by atoms with Gasteiger partial charge in [0.05, 0.1) is 0 Å². The van der Waals surface area contributed by atoms with Crippen LogP contribution in [0.1, 0.15) is 40.0 Å². The third-order valence-electron chi connectivity index (χ3n) is 3.00. The third-order valence-corrected chi connectivity index (χ3v) is 3.00. The van der Waals surface area contributed by atoms with Gasteiger partial charge in [-0.25, -0.2) is 4.79 Å². The molecular formula is C13H26N4O2. The molecule has 0 spiro atoms. The SMILES string of the molecule is CC(C)(C)OC(=O)N1CCCC(CCN=C(N)N)C1. The first kappa shape index (κ1) is 15.6. The van der Waals surface area contributed by atoms with E-state index in [4.69, 9.17) is 16.2 Å². The van der Waals surface area contributed by atoms with Gasteiger partial charge in [-0.05, 0) is 46.0 Å². The summed E-state index contributed by atoms with van der Waals surface area (Å²) in [5.74, 6) is 0.573. The zero-order valence-corrected chi connectivity index (χ0v) is 12.2. The number of nitrogens with zero attached hydrogens (tertiary/aromatic N) is 2. The van der Waals surface area contributed by atoms with Gasteiger partial charge in [-0.15, -0.1) is 0 Å². The van der Waals surface area contributed by atoms with Gasteiger partial charge in [-0.2, -0.15) is 0 Å². The van der Waals surface area contributed by atoms with Crippen molar-refractivity contribution in [2.75, 3.05) is 19.6 Å². The Labute approximate surface area is 115 Å². The number of rotatable bonds is 3. The minimum atomic E-state index is -0.442. The van der Waals surface area contributed by atoms with Crippen molar-refractivity contribution in [3.05, 3.63) is 0 Å². The zero-order chi connectivity index (χ0) is 14.5. The molecule has 0 saturated carbocycles. The standard InChI is InChI=1S/C13H26N4O2/c1-13(2,3)19-12(18)17-8-4-5-10(9-17)6-7-16-11(14)15/h10H,4-9H2,1-3H3,(H4,14,15,16). The van der Waals surface area contributed by atoms with Crippen LogP contribution in [0.5, 0.6) is 0 Å². The molecule has 6 heteroatoms. The predicted octanol–water partition coefficient (Wildman–Crippen LogP) is 1.30. The highest BCUT2D eigenvalue weighted by Gasteiger charge is 2.27. The molecule has 0 aliphatic carbocycles. The fourth-order valence-electron chi connectivity index (χ4n) is 2.17. The minimum Gasteiger partial charge on any atom is -0.444 e. The summed E-state index contributed by atoms with van der Waals surface area (Å²) in [5.41, 5.74) is 10.2. The molecule has 1 fully saturated rings. The van der Waals surface area contributed by atoms with E-state index in [0.29, 0.717) is 12.5 Å². The van der Waals surface area contributed by atoms with E-state index in [0.717, 1.165) is 32.4 Å². The van der Waals surface area contributed by atoms with Crippen molar-refractivity contribution in [2.24, 2.45) is 22.4 Å². The number of nitrogens with two attached hydrogens (primary N) is 2. The summed E-state index contributed by atoms with van der Waals surface area (Å²) in [4.78, 5) is 17.7. The fourth-order valence-corrected chi connectivity index (χ4v) is 2.17. The molecule has 0 aromatic carbocycles. The fraction of sp³-hybridized carbons (Fsp3) is 0.846. The number of ether oxygens (including phenoxy) is 1. The van der Waals surface area contributed by atoms with Crippen molar-refractivity contribution < 1.29 is 9.53 Å². The van der Waals surface area contributed by atoms with Gasteiger partial charge in [0.1, 0.15) is 5.60 Å². The maximum atomic E-state index is 12.0. The van der Waals surface area contributed by atoms with Crippen LogP contribution < -0.4 is 11.5 Å². The second kappa shape index (κ2) is 6.63. The Hall–Kier alpha value is -1.46. The minimum absolute atomic E-state index is 0.125. The van der Waals surface area contributed by atoms with Crippen LogP contribution in [0.15, 0.2) is 4.99 Å². The number of aliphatic imine (C=N–C) groups is 1. The largest absolute Gasteiger partial charge is 0.444 e. The van der Waals surface area contributed by atoms with E-state index in [2.05, 4.69) is 4.99 Å². The summed E-state index contributed by atoms with van der Waals surface area (Å²) in [7, 11) is 0. The van der Waals surface area contributed by atoms with Crippen LogP contribution in [0.4, 0.5) is 4.79 Å². The number of piperidine rings is 1. The van der Waals surface area contributed by atoms with Gasteiger partial charge in [0.15, 0.2) is 5.96 Å². The molecule has 110 valence electrons. The van der Waals surface area contributed by atoms with Gasteiger partial charge in [0.25, 0.3) is 0 Å². The monoisotopic (exact) mass is 270 g/mol. The molecular weight excluding hydrogens is 244 g/mol. The van der Waals surface area contributed by atoms with E-state index < -0.39 is 5.60 Å². The second-order valence-electron chi connectivity index (χ2n) is 6.03. The highest BCUT2D eigenvalue weighted by Crippen LogP contribution is 2.21. The number of carbonyl (C=O) groups excluding carboxylic acids is 1. The first-order valence-corrected chi connectivity index (χ1v) is 6.81. The quantitative estimate of drug-likeness (QED) is 0.597. The van der Waals surface area contributed by atoms with Gasteiger partial charge in [-0.3, -0.25) is 4.99 Å². The molecule has 0 aromatic heterocycles. The smallest absolute Gasteiger partial charge is 0.410 e. The van der Waals surface area contributed by atoms with Crippen LogP contribution >= 0.6 is 0 Å². The van der Waals surface area contributed by atoms with Crippen LogP contribution in [-0.2, 0) is 4.74 Å². The van der Waals surface area contributed by atoms with Crippen molar-refractivity contribution in [3.63, 3.8) is 0 Å². The molecule has 1 rings (SSSR count). The molecule has 0 radical (unpaired) electrons. The van der Waals surface area contributed by atoms with Crippen molar-refractivity contribution in [2.45, 2.75) is 45.6 Å². The second-order valence-corrected chi connectivity index (χ2v) is 6.03. The van der Waals surface area contributed by atoms with Gasteiger partial charge in [0.2, 0.25) is 0 Å². The van der Waals surface area contributed by atoms with Gasteiger partial charge in [0, 0.05) is 19.6 Å². The van der Waals surface area contributed by atoms with E-state index in [9.17, 15) is 4.79 Å². The lowest BCUT2D eigenvalue weighted by atomic mass is 9.95. The Morgan fingerprint density at radius 1 is 1.42 bits per heavy atom. The first-order valence-electron chi connectivity index (χ1n) is 6.81. The van der Waals surface area contributed by atoms with E-state index in [1.165, 1.54) is 0 Å². The van der Waals surface area contributed by atoms with Crippen LogP contribution in [0.25, 0.3) is 0 Å². The Kier molecular flexibility index (Phi) is 5.44. The molecule has 1 aliphatic heterocycles. The highest BCUT2D eigenvalue weighted by atomic mass is 16.6. The summed E-state index contributed by atoms with van der Waals surface area (Å²) in [6, 6.07) is 0. The molecule has 1 amide bonds. The van der Waals surface area contributed by atoms with Crippen molar-refractivity contribution in [1.82, 2.24) is 4.90 Å². The molecule has 19 heavy (non-hydrogen) atoms. The average Bonchev–Trinajstić information content (AvgIpc) is 2.26. The number of guanidine groups is 1. The number of amides is 1. The topological polar surface area (TPSA) is 93.9 Å². The Balaban J connectivity index is 2.41. The number of hydrogen-bond acceptors (Lipinski definition) is 3. The molecule has 1 aliphatic rings.